The van der Waals surface area contributed by atoms with Crippen LogP contribution in [-0.4, -0.2) is 30.6 Å². The van der Waals surface area contributed by atoms with Crippen molar-refractivity contribution >= 4 is 6.03 Å². The normalized spacial score (nSPS) is 17.8. The lowest BCUT2D eigenvalue weighted by molar-refractivity contribution is 0.185. The Morgan fingerprint density at radius 1 is 1.50 bits per heavy atom. The molecule has 0 radical (unpaired) electrons. The van der Waals surface area contributed by atoms with Crippen LogP contribution in [0.4, 0.5) is 4.79 Å². The maximum atomic E-state index is 11.2. The first-order valence-electron chi connectivity index (χ1n) is 4.87. The lowest BCUT2D eigenvalue weighted by Crippen LogP contribution is -2.46. The molecule has 1 heterocycles. The van der Waals surface area contributed by atoms with Gasteiger partial charge in [0, 0.05) is 19.6 Å². The minimum Gasteiger partial charge on any atom is -0.338 e. The Labute approximate surface area is 74.1 Å². The highest BCUT2D eigenvalue weighted by atomic mass is 16.2. The van der Waals surface area contributed by atoms with Gasteiger partial charge < -0.3 is 10.2 Å². The first kappa shape index (κ1) is 9.36. The van der Waals surface area contributed by atoms with Gasteiger partial charge in [0.15, 0.2) is 0 Å². The molecule has 0 aromatic heterocycles. The van der Waals surface area contributed by atoms with Gasteiger partial charge in [0.05, 0.1) is 0 Å². The molecule has 2 amide bonds. The Morgan fingerprint density at radius 2 is 2.33 bits per heavy atom. The maximum absolute atomic E-state index is 11.2. The molecule has 1 aliphatic rings. The van der Waals surface area contributed by atoms with E-state index in [9.17, 15) is 4.79 Å². The summed E-state index contributed by atoms with van der Waals surface area (Å²) in [4.78, 5) is 13.1. The second kappa shape index (κ2) is 5.01. The number of unbranched alkanes of at least 4 members (excludes halogenated alkanes) is 2. The number of rotatable bonds is 4. The molecule has 0 bridgehead atoms. The van der Waals surface area contributed by atoms with Gasteiger partial charge in [-0.15, -0.1) is 0 Å². The van der Waals surface area contributed by atoms with Crippen LogP contribution in [0.1, 0.15) is 32.6 Å². The SMILES string of the molecule is CCCCCN1CCCNC1=O. The highest BCUT2D eigenvalue weighted by Gasteiger charge is 2.15. The molecule has 0 aromatic carbocycles. The first-order chi connectivity index (χ1) is 5.84. The Morgan fingerprint density at radius 3 is 3.00 bits per heavy atom. The monoisotopic (exact) mass is 170 g/mol. The zero-order chi connectivity index (χ0) is 8.81. The van der Waals surface area contributed by atoms with Crippen molar-refractivity contribution in [3.63, 3.8) is 0 Å². The van der Waals surface area contributed by atoms with Gasteiger partial charge >= 0.3 is 6.03 Å². The van der Waals surface area contributed by atoms with Crippen LogP contribution >= 0.6 is 0 Å². The van der Waals surface area contributed by atoms with Crippen molar-refractivity contribution in [2.45, 2.75) is 32.6 Å². The van der Waals surface area contributed by atoms with E-state index < -0.39 is 0 Å². The number of nitrogens with zero attached hydrogens (tertiary/aromatic N) is 1. The highest BCUT2D eigenvalue weighted by molar-refractivity contribution is 5.74. The Kier molecular flexibility index (Phi) is 3.91. The quantitative estimate of drug-likeness (QED) is 0.638. The number of hydrogen-bond acceptors (Lipinski definition) is 1. The van der Waals surface area contributed by atoms with Crippen LogP contribution in [0, 0.1) is 0 Å². The zero-order valence-electron chi connectivity index (χ0n) is 7.81. The first-order valence-corrected chi connectivity index (χ1v) is 4.87. The van der Waals surface area contributed by atoms with Crippen LogP contribution < -0.4 is 5.32 Å². The van der Waals surface area contributed by atoms with Crippen molar-refractivity contribution in [2.24, 2.45) is 0 Å². The van der Waals surface area contributed by atoms with Crippen LogP contribution in [0.5, 0.6) is 0 Å². The van der Waals surface area contributed by atoms with Gasteiger partial charge in [0.1, 0.15) is 0 Å². The number of amides is 2. The zero-order valence-corrected chi connectivity index (χ0v) is 7.81. The molecule has 12 heavy (non-hydrogen) atoms. The molecule has 1 fully saturated rings. The third kappa shape index (κ3) is 2.72. The summed E-state index contributed by atoms with van der Waals surface area (Å²) in [6, 6.07) is 0.123. The number of carbonyl (C=O) groups is 1. The topological polar surface area (TPSA) is 32.3 Å². The maximum Gasteiger partial charge on any atom is 0.317 e. The standard InChI is InChI=1S/C9H18N2O/c1-2-3-4-7-11-8-5-6-10-9(11)12/h2-8H2,1H3,(H,10,12). The molecule has 0 atom stereocenters. The molecule has 3 heteroatoms. The van der Waals surface area contributed by atoms with E-state index in [0.717, 1.165) is 32.5 Å². The summed E-state index contributed by atoms with van der Waals surface area (Å²) < 4.78 is 0. The Bertz CT molecular complexity index is 147. The summed E-state index contributed by atoms with van der Waals surface area (Å²) in [5, 5.41) is 2.85. The molecular formula is C9H18N2O. The fourth-order valence-electron chi connectivity index (χ4n) is 1.44. The average molecular weight is 170 g/mol. The van der Waals surface area contributed by atoms with Crippen molar-refractivity contribution in [3.8, 4) is 0 Å². The molecule has 1 saturated heterocycles. The minimum atomic E-state index is 0.123. The number of nitrogens with one attached hydrogen (secondary N) is 1. The fourth-order valence-corrected chi connectivity index (χ4v) is 1.44. The minimum absolute atomic E-state index is 0.123. The lowest BCUT2D eigenvalue weighted by Gasteiger charge is -2.27. The third-order valence-electron chi connectivity index (χ3n) is 2.20. The molecule has 0 aromatic rings. The summed E-state index contributed by atoms with van der Waals surface area (Å²) in [6.45, 7) is 4.90. The van der Waals surface area contributed by atoms with Crippen molar-refractivity contribution in [2.75, 3.05) is 19.6 Å². The van der Waals surface area contributed by atoms with Gasteiger partial charge in [-0.3, -0.25) is 0 Å². The molecule has 3 nitrogen and oxygen atoms in total. The molecule has 1 rings (SSSR count). The second-order valence-corrected chi connectivity index (χ2v) is 3.28. The van der Waals surface area contributed by atoms with E-state index in [4.69, 9.17) is 0 Å². The average Bonchev–Trinajstić information content (AvgIpc) is 2.09. The summed E-state index contributed by atoms with van der Waals surface area (Å²) in [6.07, 6.45) is 4.68. The fraction of sp³-hybridized carbons (Fsp3) is 0.889. The molecule has 1 N–H and O–H groups in total. The molecule has 1 aliphatic heterocycles. The predicted molar refractivity (Wildman–Crippen MR) is 49.1 cm³/mol. The van der Waals surface area contributed by atoms with E-state index in [1.807, 2.05) is 4.90 Å². The van der Waals surface area contributed by atoms with Crippen LogP contribution in [0.25, 0.3) is 0 Å². The third-order valence-corrected chi connectivity index (χ3v) is 2.20. The molecule has 0 aliphatic carbocycles. The van der Waals surface area contributed by atoms with Gasteiger partial charge in [0.2, 0.25) is 0 Å². The molecule has 0 saturated carbocycles. The summed E-state index contributed by atoms with van der Waals surface area (Å²) in [5.41, 5.74) is 0. The number of hydrogen-bond donors (Lipinski definition) is 1. The van der Waals surface area contributed by atoms with Gasteiger partial charge in [-0.05, 0) is 12.8 Å². The van der Waals surface area contributed by atoms with E-state index in [-0.39, 0.29) is 6.03 Å². The van der Waals surface area contributed by atoms with Crippen molar-refractivity contribution in [1.29, 1.82) is 0 Å². The lowest BCUT2D eigenvalue weighted by atomic mass is 10.2. The highest BCUT2D eigenvalue weighted by Crippen LogP contribution is 2.02. The van der Waals surface area contributed by atoms with Crippen molar-refractivity contribution in [1.82, 2.24) is 10.2 Å². The van der Waals surface area contributed by atoms with Crippen LogP contribution in [0.3, 0.4) is 0 Å². The van der Waals surface area contributed by atoms with E-state index in [1.54, 1.807) is 0 Å². The van der Waals surface area contributed by atoms with E-state index in [1.165, 1.54) is 12.8 Å². The van der Waals surface area contributed by atoms with Gasteiger partial charge in [-0.1, -0.05) is 19.8 Å². The van der Waals surface area contributed by atoms with E-state index in [2.05, 4.69) is 12.2 Å². The molecular weight excluding hydrogens is 152 g/mol. The largest absolute Gasteiger partial charge is 0.338 e. The summed E-state index contributed by atoms with van der Waals surface area (Å²) in [5.74, 6) is 0. The smallest absolute Gasteiger partial charge is 0.317 e. The van der Waals surface area contributed by atoms with Crippen LogP contribution in [0.15, 0.2) is 0 Å². The van der Waals surface area contributed by atoms with E-state index in [0.29, 0.717) is 0 Å². The Balaban J connectivity index is 2.16. The van der Waals surface area contributed by atoms with Crippen LogP contribution in [0.2, 0.25) is 0 Å². The Hall–Kier alpha value is -0.730. The number of carbonyl (C=O) groups excluding carboxylic acids is 1. The van der Waals surface area contributed by atoms with Gasteiger partial charge in [-0.25, -0.2) is 4.79 Å². The summed E-state index contributed by atoms with van der Waals surface area (Å²) >= 11 is 0. The van der Waals surface area contributed by atoms with Crippen LogP contribution in [-0.2, 0) is 0 Å². The predicted octanol–water partition coefficient (Wildman–Crippen LogP) is 1.59. The second-order valence-electron chi connectivity index (χ2n) is 3.28. The van der Waals surface area contributed by atoms with Gasteiger partial charge in [0.25, 0.3) is 0 Å². The summed E-state index contributed by atoms with van der Waals surface area (Å²) in [7, 11) is 0. The molecule has 70 valence electrons. The van der Waals surface area contributed by atoms with Gasteiger partial charge in [-0.2, -0.15) is 0 Å². The molecule has 0 unspecified atom stereocenters. The van der Waals surface area contributed by atoms with Crippen molar-refractivity contribution < 1.29 is 4.79 Å². The molecule has 0 spiro atoms. The van der Waals surface area contributed by atoms with Crippen molar-refractivity contribution in [3.05, 3.63) is 0 Å². The number of urea groups is 1. The van der Waals surface area contributed by atoms with E-state index >= 15 is 0 Å².